The third kappa shape index (κ3) is 9.09. The number of carbonyl (C=O) groups excluding carboxylic acids is 1. The summed E-state index contributed by atoms with van der Waals surface area (Å²) in [5.74, 6) is -1.05. The molecule has 0 amide bonds. The topological polar surface area (TPSA) is 83.5 Å². The van der Waals surface area contributed by atoms with Gasteiger partial charge in [0.1, 0.15) is 29.3 Å². The Morgan fingerprint density at radius 1 is 1.22 bits per heavy atom. The van der Waals surface area contributed by atoms with Crippen molar-refractivity contribution in [3.63, 3.8) is 0 Å². The third-order valence-corrected chi connectivity index (χ3v) is 11.8. The number of methoxy groups -OCH3 is 1. The second kappa shape index (κ2) is 13.1. The number of rotatable bonds is 11. The number of phenolic OH excluding ortho intramolecular Hbond substituents is 1. The van der Waals surface area contributed by atoms with E-state index in [0.29, 0.717) is 30.8 Å². The molecule has 0 aromatic heterocycles. The lowest BCUT2D eigenvalue weighted by atomic mass is 10.0. The molecular formula is C28H43IO7Si. The second-order valence-electron chi connectivity index (χ2n) is 11.3. The maximum atomic E-state index is 12.9. The van der Waals surface area contributed by atoms with E-state index in [4.69, 9.17) is 23.4 Å². The predicted octanol–water partition coefficient (Wildman–Crippen LogP) is 7.23. The van der Waals surface area contributed by atoms with Gasteiger partial charge in [-0.05, 0) is 61.0 Å². The van der Waals surface area contributed by atoms with Crippen LogP contribution in [0.25, 0.3) is 6.08 Å². The van der Waals surface area contributed by atoms with Gasteiger partial charge in [-0.2, -0.15) is 0 Å². The van der Waals surface area contributed by atoms with E-state index in [1.54, 1.807) is 12.1 Å². The van der Waals surface area contributed by atoms with Crippen molar-refractivity contribution in [2.24, 2.45) is 0 Å². The van der Waals surface area contributed by atoms with Crippen LogP contribution in [0, 0.1) is 0 Å². The number of ether oxygens (including phenoxy) is 4. The molecule has 1 aliphatic rings. The first kappa shape index (κ1) is 31.8. The van der Waals surface area contributed by atoms with Crippen LogP contribution >= 0.6 is 22.6 Å². The second-order valence-corrected chi connectivity index (χ2v) is 16.9. The molecule has 1 aliphatic heterocycles. The Kier molecular flexibility index (Phi) is 11.3. The molecule has 0 radical (unpaired) electrons. The van der Waals surface area contributed by atoms with Crippen molar-refractivity contribution < 1.29 is 33.3 Å². The van der Waals surface area contributed by atoms with Gasteiger partial charge in [0.15, 0.2) is 14.1 Å². The highest BCUT2D eigenvalue weighted by Crippen LogP contribution is 2.38. The Morgan fingerprint density at radius 3 is 2.46 bits per heavy atom. The molecule has 9 heteroatoms. The van der Waals surface area contributed by atoms with Gasteiger partial charge in [0, 0.05) is 12.5 Å². The van der Waals surface area contributed by atoms with Crippen LogP contribution in [0.5, 0.6) is 11.5 Å². The van der Waals surface area contributed by atoms with Gasteiger partial charge in [0.2, 0.25) is 0 Å². The zero-order chi connectivity index (χ0) is 28.0. The summed E-state index contributed by atoms with van der Waals surface area (Å²) in [5.41, 5.74) is 0.606. The van der Waals surface area contributed by atoms with Crippen molar-refractivity contribution >= 4 is 43.0 Å². The molecule has 3 atom stereocenters. The molecule has 0 aliphatic carbocycles. The highest BCUT2D eigenvalue weighted by atomic mass is 127. The van der Waals surface area contributed by atoms with Gasteiger partial charge in [0.25, 0.3) is 0 Å². The van der Waals surface area contributed by atoms with Gasteiger partial charge in [-0.25, -0.2) is 4.79 Å². The van der Waals surface area contributed by atoms with Gasteiger partial charge in [0.05, 0.1) is 19.8 Å². The fourth-order valence-electron chi connectivity index (χ4n) is 3.71. The van der Waals surface area contributed by atoms with Crippen LogP contribution in [0.2, 0.25) is 18.1 Å². The van der Waals surface area contributed by atoms with Gasteiger partial charge < -0.3 is 28.5 Å². The number of esters is 1. The molecule has 1 N–H and O–H groups in total. The quantitative estimate of drug-likeness (QED) is 0.154. The van der Waals surface area contributed by atoms with Crippen molar-refractivity contribution in [2.45, 2.75) is 96.6 Å². The summed E-state index contributed by atoms with van der Waals surface area (Å²) in [6.45, 7) is 17.1. The van der Waals surface area contributed by atoms with Gasteiger partial charge >= 0.3 is 5.97 Å². The monoisotopic (exact) mass is 646 g/mol. The van der Waals surface area contributed by atoms with E-state index in [-0.39, 0.29) is 34.7 Å². The Bertz CT molecular complexity index is 981. The Labute approximate surface area is 236 Å². The number of hydrogen-bond acceptors (Lipinski definition) is 7. The van der Waals surface area contributed by atoms with Crippen LogP contribution in [-0.2, 0) is 18.6 Å². The zero-order valence-corrected chi connectivity index (χ0v) is 26.7. The molecule has 1 aromatic carbocycles. The fraction of sp³-hybridized carbons (Fsp3) is 0.607. The Balaban J connectivity index is 2.22. The minimum Gasteiger partial charge on any atom is -0.507 e. The average Bonchev–Trinajstić information content (AvgIpc) is 3.08. The molecule has 0 unspecified atom stereocenters. The molecular weight excluding hydrogens is 603 g/mol. The lowest BCUT2D eigenvalue weighted by Crippen LogP contribution is -2.44. The molecule has 208 valence electrons. The standard InChI is InChI=1S/C28H43IO7Si/c1-19(12-11-15-29)34-26(31)25-20(16-21(32-7)17-22(25)30)13-10-14-23-24(36-28(5,6)35-23)18-33-37(8,9)27(2,3)4/h10-11,13,15-17,19,23-24,30H,12,14,18H2,1-9H3/b13-10+,15-11+/t19-,23-,24+/m0/s1. The van der Waals surface area contributed by atoms with Crippen molar-refractivity contribution in [3.05, 3.63) is 39.5 Å². The first-order valence-electron chi connectivity index (χ1n) is 12.6. The van der Waals surface area contributed by atoms with Gasteiger partial charge in [-0.3, -0.25) is 0 Å². The summed E-state index contributed by atoms with van der Waals surface area (Å²) in [7, 11) is -0.431. The van der Waals surface area contributed by atoms with E-state index in [1.807, 2.05) is 37.0 Å². The molecule has 0 spiro atoms. The smallest absolute Gasteiger partial charge is 0.342 e. The predicted molar refractivity (Wildman–Crippen MR) is 158 cm³/mol. The number of hydrogen-bond donors (Lipinski definition) is 1. The SMILES string of the molecule is COc1cc(O)c(C(=O)O[C@@H](C)C/C=C/I)c(/C=C/C[C@@H]2OC(C)(C)O[C@@H]2CO[Si](C)(C)C(C)(C)C)c1. The van der Waals surface area contributed by atoms with E-state index in [1.165, 1.54) is 13.2 Å². The highest BCUT2D eigenvalue weighted by Gasteiger charge is 2.43. The largest absolute Gasteiger partial charge is 0.507 e. The van der Waals surface area contributed by atoms with E-state index >= 15 is 0 Å². The van der Waals surface area contributed by atoms with Crippen LogP contribution in [0.4, 0.5) is 0 Å². The number of benzene rings is 1. The van der Waals surface area contributed by atoms with Crippen LogP contribution in [0.3, 0.4) is 0 Å². The molecule has 1 saturated heterocycles. The van der Waals surface area contributed by atoms with Crippen molar-refractivity contribution in [3.8, 4) is 11.5 Å². The summed E-state index contributed by atoms with van der Waals surface area (Å²) >= 11 is 2.12. The summed E-state index contributed by atoms with van der Waals surface area (Å²) < 4.78 is 31.5. The molecule has 0 bridgehead atoms. The Morgan fingerprint density at radius 2 is 1.86 bits per heavy atom. The summed E-state index contributed by atoms with van der Waals surface area (Å²) in [5, 5.41) is 10.7. The van der Waals surface area contributed by atoms with E-state index < -0.39 is 20.1 Å². The van der Waals surface area contributed by atoms with Crippen molar-refractivity contribution in [2.75, 3.05) is 13.7 Å². The number of carbonyl (C=O) groups is 1. The lowest BCUT2D eigenvalue weighted by Gasteiger charge is -2.37. The van der Waals surface area contributed by atoms with Crippen molar-refractivity contribution in [1.82, 2.24) is 0 Å². The average molecular weight is 647 g/mol. The molecule has 7 nitrogen and oxygen atoms in total. The van der Waals surface area contributed by atoms with Crippen LogP contribution in [0.1, 0.15) is 70.3 Å². The van der Waals surface area contributed by atoms with E-state index in [2.05, 4.69) is 56.5 Å². The van der Waals surface area contributed by atoms with Gasteiger partial charge in [-0.15, -0.1) is 0 Å². The molecule has 0 saturated carbocycles. The first-order chi connectivity index (χ1) is 17.1. The summed E-state index contributed by atoms with van der Waals surface area (Å²) in [6.07, 6.45) is 5.99. The number of halogens is 1. The molecule has 1 fully saturated rings. The minimum atomic E-state index is -1.94. The van der Waals surface area contributed by atoms with Crippen molar-refractivity contribution in [1.29, 1.82) is 0 Å². The normalized spacial score (nSPS) is 21.0. The maximum absolute atomic E-state index is 12.9. The first-order valence-corrected chi connectivity index (χ1v) is 16.8. The summed E-state index contributed by atoms with van der Waals surface area (Å²) in [6, 6.07) is 3.12. The summed E-state index contributed by atoms with van der Waals surface area (Å²) in [4.78, 5) is 12.9. The van der Waals surface area contributed by atoms with Crippen LogP contribution in [-0.4, -0.2) is 57.2 Å². The van der Waals surface area contributed by atoms with Crippen LogP contribution < -0.4 is 4.74 Å². The Hall–Kier alpha value is -1.40. The molecule has 1 aromatic rings. The number of phenols is 1. The fourth-order valence-corrected chi connectivity index (χ4v) is 5.02. The van der Waals surface area contributed by atoms with E-state index in [9.17, 15) is 9.90 Å². The van der Waals surface area contributed by atoms with Crippen LogP contribution in [0.15, 0.2) is 28.4 Å². The number of aromatic hydroxyl groups is 1. The zero-order valence-electron chi connectivity index (χ0n) is 23.6. The van der Waals surface area contributed by atoms with Gasteiger partial charge in [-0.1, -0.05) is 61.6 Å². The van der Waals surface area contributed by atoms with E-state index in [0.717, 1.165) is 0 Å². The molecule has 1 heterocycles. The maximum Gasteiger partial charge on any atom is 0.342 e. The third-order valence-electron chi connectivity index (χ3n) is 6.79. The lowest BCUT2D eigenvalue weighted by molar-refractivity contribution is -0.148. The molecule has 37 heavy (non-hydrogen) atoms. The highest BCUT2D eigenvalue weighted by molar-refractivity contribution is 14.1. The minimum absolute atomic E-state index is 0.0979. The molecule has 2 rings (SSSR count).